The molecule has 1 aliphatic heterocycles. The highest BCUT2D eigenvalue weighted by molar-refractivity contribution is 7.99. The monoisotopic (exact) mass is 541 g/mol. The number of alkyl halides is 6. The third kappa shape index (κ3) is 6.15. The molecule has 1 fully saturated rings. The number of rotatable bonds is 6. The molecule has 1 aliphatic rings. The molecule has 4 nitrogen and oxygen atoms in total. The predicted molar refractivity (Wildman–Crippen MR) is 126 cm³/mol. The van der Waals surface area contributed by atoms with Crippen molar-refractivity contribution in [3.63, 3.8) is 0 Å². The molecule has 1 saturated heterocycles. The molecular formula is C26H21F6NO3S. The van der Waals surface area contributed by atoms with Gasteiger partial charge in [0.05, 0.1) is 18.2 Å². The van der Waals surface area contributed by atoms with Crippen molar-refractivity contribution < 1.29 is 40.6 Å². The van der Waals surface area contributed by atoms with E-state index in [4.69, 9.17) is 9.47 Å². The Kier molecular flexibility index (Phi) is 7.63. The summed E-state index contributed by atoms with van der Waals surface area (Å²) >= 11 is 1.35. The molecule has 1 amide bonds. The second kappa shape index (κ2) is 10.6. The van der Waals surface area contributed by atoms with Crippen LogP contribution in [0.2, 0.25) is 0 Å². The molecule has 0 radical (unpaired) electrons. The van der Waals surface area contributed by atoms with Crippen molar-refractivity contribution in [1.82, 2.24) is 4.90 Å². The summed E-state index contributed by atoms with van der Waals surface area (Å²) < 4.78 is 91.1. The first kappa shape index (κ1) is 26.7. The van der Waals surface area contributed by atoms with Crippen LogP contribution in [0.25, 0.3) is 0 Å². The lowest BCUT2D eigenvalue weighted by Gasteiger charge is -2.26. The van der Waals surface area contributed by atoms with Crippen LogP contribution in [0.4, 0.5) is 26.3 Å². The van der Waals surface area contributed by atoms with Gasteiger partial charge < -0.3 is 14.4 Å². The number of ether oxygens (including phenoxy) is 2. The molecule has 11 heteroatoms. The Bertz CT molecular complexity index is 1230. The van der Waals surface area contributed by atoms with Gasteiger partial charge in [-0.05, 0) is 41.5 Å². The Morgan fingerprint density at radius 3 is 2.16 bits per heavy atom. The summed E-state index contributed by atoms with van der Waals surface area (Å²) in [5.41, 5.74) is -2.23. The molecule has 3 aromatic carbocycles. The number of hydrogen-bond donors (Lipinski definition) is 0. The molecule has 0 N–H and O–H groups in total. The van der Waals surface area contributed by atoms with Crippen molar-refractivity contribution in [3.05, 3.63) is 94.5 Å². The van der Waals surface area contributed by atoms with Gasteiger partial charge in [-0.3, -0.25) is 4.79 Å². The Balaban J connectivity index is 1.64. The average molecular weight is 542 g/mol. The first-order chi connectivity index (χ1) is 17.5. The quantitative estimate of drug-likeness (QED) is 0.310. The van der Waals surface area contributed by atoms with Crippen molar-refractivity contribution in [2.24, 2.45) is 0 Å². The van der Waals surface area contributed by atoms with E-state index in [1.165, 1.54) is 23.8 Å². The lowest BCUT2D eigenvalue weighted by molar-refractivity contribution is -0.143. The van der Waals surface area contributed by atoms with Crippen LogP contribution in [0, 0.1) is 0 Å². The summed E-state index contributed by atoms with van der Waals surface area (Å²) in [5.74, 6) is 0.359. The second-order valence-electron chi connectivity index (χ2n) is 8.20. The highest BCUT2D eigenvalue weighted by atomic mass is 32.2. The van der Waals surface area contributed by atoms with Crippen molar-refractivity contribution in [3.8, 4) is 11.5 Å². The fourth-order valence-corrected chi connectivity index (χ4v) is 5.14. The van der Waals surface area contributed by atoms with Crippen LogP contribution in [-0.4, -0.2) is 30.2 Å². The minimum atomic E-state index is -5.05. The molecule has 196 valence electrons. The first-order valence-electron chi connectivity index (χ1n) is 11.0. The van der Waals surface area contributed by atoms with Crippen LogP contribution in [0.3, 0.4) is 0 Å². The number of methoxy groups -OCH3 is 1. The molecule has 0 spiro atoms. The summed E-state index contributed by atoms with van der Waals surface area (Å²) in [5, 5.41) is -0.638. The number of halogens is 6. The molecular weight excluding hydrogens is 520 g/mol. The molecule has 37 heavy (non-hydrogen) atoms. The van der Waals surface area contributed by atoms with Crippen molar-refractivity contribution in [1.29, 1.82) is 0 Å². The zero-order chi connectivity index (χ0) is 26.8. The number of amides is 1. The number of thioether (sulfide) groups is 1. The van der Waals surface area contributed by atoms with E-state index in [0.29, 0.717) is 34.9 Å². The van der Waals surface area contributed by atoms with E-state index >= 15 is 0 Å². The van der Waals surface area contributed by atoms with E-state index in [1.54, 1.807) is 18.2 Å². The fraction of sp³-hybridized carbons (Fsp3) is 0.269. The second-order valence-corrected chi connectivity index (χ2v) is 9.39. The molecule has 0 bridgehead atoms. The van der Waals surface area contributed by atoms with Crippen LogP contribution >= 0.6 is 11.8 Å². The van der Waals surface area contributed by atoms with Crippen molar-refractivity contribution in [2.75, 3.05) is 19.4 Å². The topological polar surface area (TPSA) is 38.8 Å². The number of nitrogens with zero attached hydrogens (tertiary/aromatic N) is 1. The zero-order valence-corrected chi connectivity index (χ0v) is 20.2. The van der Waals surface area contributed by atoms with E-state index in [1.807, 2.05) is 30.3 Å². The van der Waals surface area contributed by atoms with Gasteiger partial charge >= 0.3 is 12.4 Å². The lowest BCUT2D eigenvalue weighted by atomic mass is 10.0. The minimum Gasteiger partial charge on any atom is -0.493 e. The first-order valence-corrected chi connectivity index (χ1v) is 12.1. The average Bonchev–Trinajstić information content (AvgIpc) is 3.36. The zero-order valence-electron chi connectivity index (χ0n) is 19.4. The van der Waals surface area contributed by atoms with Gasteiger partial charge in [0.15, 0.2) is 11.5 Å². The summed E-state index contributed by atoms with van der Waals surface area (Å²) in [6, 6.07) is 15.3. The number of benzene rings is 3. The molecule has 3 aromatic rings. The Labute approximate surface area is 213 Å². The maximum atomic E-state index is 13.3. The smallest absolute Gasteiger partial charge is 0.416 e. The van der Waals surface area contributed by atoms with E-state index in [-0.39, 0.29) is 19.2 Å². The molecule has 0 saturated carbocycles. The van der Waals surface area contributed by atoms with E-state index in [2.05, 4.69) is 0 Å². The fourth-order valence-electron chi connectivity index (χ4n) is 3.89. The molecule has 0 aliphatic carbocycles. The van der Waals surface area contributed by atoms with Gasteiger partial charge in [-0.2, -0.15) is 26.3 Å². The highest BCUT2D eigenvalue weighted by Crippen LogP contribution is 2.43. The van der Waals surface area contributed by atoms with E-state index in [0.717, 1.165) is 5.56 Å². The summed E-state index contributed by atoms with van der Waals surface area (Å²) in [4.78, 5) is 14.5. The molecule has 0 aromatic heterocycles. The van der Waals surface area contributed by atoms with Gasteiger partial charge in [-0.1, -0.05) is 36.4 Å². The summed E-state index contributed by atoms with van der Waals surface area (Å²) in [6.45, 7) is 0.392. The van der Waals surface area contributed by atoms with Gasteiger partial charge in [0.1, 0.15) is 12.0 Å². The van der Waals surface area contributed by atoms with Crippen LogP contribution < -0.4 is 9.47 Å². The molecule has 1 unspecified atom stereocenters. The third-order valence-electron chi connectivity index (χ3n) is 5.70. The van der Waals surface area contributed by atoms with E-state index < -0.39 is 40.3 Å². The third-order valence-corrected chi connectivity index (χ3v) is 6.96. The summed E-state index contributed by atoms with van der Waals surface area (Å²) in [7, 11) is 1.47. The number of carbonyl (C=O) groups is 1. The number of carbonyl (C=O) groups excluding carboxylic acids is 1. The standard InChI is InChI=1S/C26H21F6NO3S/c1-35-21-8-7-17(13-22(21)36-15-16-5-3-2-4-6-16)24-33(9-10-37-24)23(34)18-11-19(25(27,28)29)14-20(12-18)26(30,31)32/h2-8,11-14,24H,9-10,15H2,1H3. The maximum Gasteiger partial charge on any atom is 0.416 e. The number of hydrogen-bond acceptors (Lipinski definition) is 4. The lowest BCUT2D eigenvalue weighted by Crippen LogP contribution is -2.31. The largest absolute Gasteiger partial charge is 0.493 e. The Hall–Kier alpha value is -3.34. The highest BCUT2D eigenvalue weighted by Gasteiger charge is 2.39. The van der Waals surface area contributed by atoms with Crippen LogP contribution in [0.15, 0.2) is 66.7 Å². The summed E-state index contributed by atoms with van der Waals surface area (Å²) in [6.07, 6.45) is -10.1. The van der Waals surface area contributed by atoms with Gasteiger partial charge in [0, 0.05) is 17.9 Å². The van der Waals surface area contributed by atoms with Gasteiger partial charge in [-0.15, -0.1) is 11.8 Å². The Morgan fingerprint density at radius 1 is 0.919 bits per heavy atom. The van der Waals surface area contributed by atoms with Crippen molar-refractivity contribution >= 4 is 17.7 Å². The minimum absolute atomic E-state index is 0.00677. The van der Waals surface area contributed by atoms with Crippen LogP contribution in [-0.2, 0) is 19.0 Å². The van der Waals surface area contributed by atoms with Crippen LogP contribution in [0.5, 0.6) is 11.5 Å². The van der Waals surface area contributed by atoms with E-state index in [9.17, 15) is 31.1 Å². The SMILES string of the molecule is COc1ccc(C2SCCN2C(=O)c2cc(C(F)(F)F)cc(C(F)(F)F)c2)cc1OCc1ccccc1. The van der Waals surface area contributed by atoms with Gasteiger partial charge in [0.25, 0.3) is 5.91 Å². The van der Waals surface area contributed by atoms with Crippen LogP contribution in [0.1, 0.15) is 38.0 Å². The predicted octanol–water partition coefficient (Wildman–Crippen LogP) is 7.20. The van der Waals surface area contributed by atoms with Crippen molar-refractivity contribution in [2.45, 2.75) is 24.3 Å². The Morgan fingerprint density at radius 2 is 1.57 bits per heavy atom. The molecule has 1 heterocycles. The maximum absolute atomic E-state index is 13.3. The molecule has 4 rings (SSSR count). The molecule has 1 atom stereocenters. The van der Waals surface area contributed by atoms with Gasteiger partial charge in [0.2, 0.25) is 0 Å². The van der Waals surface area contributed by atoms with Gasteiger partial charge in [-0.25, -0.2) is 0 Å². The normalized spacial score (nSPS) is 16.1.